The Labute approximate surface area is 181 Å². The molecule has 0 aromatic heterocycles. The van der Waals surface area contributed by atoms with Crippen molar-refractivity contribution in [2.75, 3.05) is 34.0 Å². The van der Waals surface area contributed by atoms with Gasteiger partial charge in [-0.05, 0) is 55.8 Å². The lowest BCUT2D eigenvalue weighted by molar-refractivity contribution is -0.120. The van der Waals surface area contributed by atoms with Gasteiger partial charge in [0.1, 0.15) is 0 Å². The SMILES string of the molecule is CCOc1ccc(/C=N/NC(=O)CNC(=O)c2ccc(OC)c(OC)c2)cc1OCC. The number of nitrogens with zero attached hydrogens (tertiary/aromatic N) is 1. The van der Waals surface area contributed by atoms with Crippen LogP contribution in [-0.4, -0.2) is 52.0 Å². The Bertz CT molecular complexity index is 929. The molecule has 0 aliphatic carbocycles. The Morgan fingerprint density at radius 1 is 0.903 bits per heavy atom. The van der Waals surface area contributed by atoms with E-state index in [1.165, 1.54) is 26.5 Å². The van der Waals surface area contributed by atoms with E-state index >= 15 is 0 Å². The standard InChI is InChI=1S/C22H27N3O6/c1-5-30-18-9-7-15(11-20(18)31-6-2)13-24-25-21(26)14-23-22(27)16-8-10-17(28-3)19(12-16)29-4/h7-13H,5-6,14H2,1-4H3,(H,23,27)(H,25,26)/b24-13+. The van der Waals surface area contributed by atoms with Crippen molar-refractivity contribution in [3.8, 4) is 23.0 Å². The van der Waals surface area contributed by atoms with Gasteiger partial charge in [-0.25, -0.2) is 5.43 Å². The molecule has 0 atom stereocenters. The molecule has 0 bridgehead atoms. The molecule has 31 heavy (non-hydrogen) atoms. The van der Waals surface area contributed by atoms with Crippen LogP contribution in [-0.2, 0) is 4.79 Å². The Morgan fingerprint density at radius 2 is 1.58 bits per heavy atom. The monoisotopic (exact) mass is 429 g/mol. The van der Waals surface area contributed by atoms with E-state index in [0.717, 1.165) is 5.56 Å². The summed E-state index contributed by atoms with van der Waals surface area (Å²) < 4.78 is 21.4. The number of amides is 2. The first-order valence-electron chi connectivity index (χ1n) is 9.74. The highest BCUT2D eigenvalue weighted by atomic mass is 16.5. The molecule has 0 fully saturated rings. The van der Waals surface area contributed by atoms with Crippen molar-refractivity contribution in [2.45, 2.75) is 13.8 Å². The second-order valence-electron chi connectivity index (χ2n) is 6.12. The molecule has 2 aromatic carbocycles. The fraction of sp³-hybridized carbons (Fsp3) is 0.318. The molecule has 0 saturated heterocycles. The first kappa shape index (κ1) is 23.5. The second kappa shape index (κ2) is 12.1. The molecule has 2 amide bonds. The normalized spacial score (nSPS) is 10.5. The van der Waals surface area contributed by atoms with Crippen molar-refractivity contribution in [1.82, 2.24) is 10.7 Å². The van der Waals surface area contributed by atoms with Gasteiger partial charge in [0, 0.05) is 5.56 Å². The third-order valence-electron chi connectivity index (χ3n) is 4.03. The van der Waals surface area contributed by atoms with E-state index in [9.17, 15) is 9.59 Å². The molecule has 2 N–H and O–H groups in total. The molecule has 9 heteroatoms. The average molecular weight is 429 g/mol. The zero-order valence-corrected chi connectivity index (χ0v) is 18.1. The number of carbonyl (C=O) groups is 2. The van der Waals surface area contributed by atoms with E-state index in [4.69, 9.17) is 18.9 Å². The van der Waals surface area contributed by atoms with E-state index in [1.807, 2.05) is 13.8 Å². The van der Waals surface area contributed by atoms with Gasteiger partial charge in [-0.15, -0.1) is 0 Å². The van der Waals surface area contributed by atoms with Gasteiger partial charge in [0.05, 0.1) is 40.2 Å². The summed E-state index contributed by atoms with van der Waals surface area (Å²) in [6.07, 6.45) is 1.48. The van der Waals surface area contributed by atoms with Crippen LogP contribution in [0.1, 0.15) is 29.8 Å². The van der Waals surface area contributed by atoms with Crippen molar-refractivity contribution in [3.05, 3.63) is 47.5 Å². The van der Waals surface area contributed by atoms with Crippen molar-refractivity contribution in [2.24, 2.45) is 5.10 Å². The lowest BCUT2D eigenvalue weighted by Gasteiger charge is -2.11. The number of methoxy groups -OCH3 is 2. The van der Waals surface area contributed by atoms with Crippen LogP contribution in [0.15, 0.2) is 41.5 Å². The molecular formula is C22H27N3O6. The minimum atomic E-state index is -0.471. The van der Waals surface area contributed by atoms with Crippen molar-refractivity contribution in [3.63, 3.8) is 0 Å². The molecule has 0 radical (unpaired) electrons. The number of hydrogen-bond acceptors (Lipinski definition) is 7. The first-order chi connectivity index (χ1) is 15.0. The van der Waals surface area contributed by atoms with Crippen LogP contribution in [0.5, 0.6) is 23.0 Å². The summed E-state index contributed by atoms with van der Waals surface area (Å²) >= 11 is 0. The molecular weight excluding hydrogens is 402 g/mol. The van der Waals surface area contributed by atoms with E-state index in [0.29, 0.717) is 41.8 Å². The molecule has 2 aromatic rings. The fourth-order valence-corrected chi connectivity index (χ4v) is 2.61. The minimum Gasteiger partial charge on any atom is -0.493 e. The number of hydrazone groups is 1. The van der Waals surface area contributed by atoms with Gasteiger partial charge in [0.25, 0.3) is 11.8 Å². The van der Waals surface area contributed by atoms with Crippen LogP contribution in [0.4, 0.5) is 0 Å². The lowest BCUT2D eigenvalue weighted by atomic mass is 10.2. The van der Waals surface area contributed by atoms with Crippen LogP contribution in [0.3, 0.4) is 0 Å². The summed E-state index contributed by atoms with van der Waals surface area (Å²) in [6, 6.07) is 10.1. The predicted molar refractivity (Wildman–Crippen MR) is 116 cm³/mol. The van der Waals surface area contributed by atoms with E-state index in [2.05, 4.69) is 15.8 Å². The summed E-state index contributed by atoms with van der Waals surface area (Å²) in [5, 5.41) is 6.44. The van der Waals surface area contributed by atoms with Gasteiger partial charge in [-0.1, -0.05) is 0 Å². The van der Waals surface area contributed by atoms with Crippen LogP contribution in [0.25, 0.3) is 0 Å². The number of rotatable bonds is 11. The number of hydrogen-bond donors (Lipinski definition) is 2. The molecule has 0 spiro atoms. The van der Waals surface area contributed by atoms with E-state index in [1.54, 1.807) is 30.3 Å². The molecule has 2 rings (SSSR count). The Morgan fingerprint density at radius 3 is 2.26 bits per heavy atom. The number of nitrogens with one attached hydrogen (secondary N) is 2. The predicted octanol–water partition coefficient (Wildman–Crippen LogP) is 2.38. The van der Waals surface area contributed by atoms with Crippen LogP contribution in [0.2, 0.25) is 0 Å². The zero-order valence-electron chi connectivity index (χ0n) is 18.1. The van der Waals surface area contributed by atoms with Gasteiger partial charge in [0.2, 0.25) is 0 Å². The quantitative estimate of drug-likeness (QED) is 0.420. The van der Waals surface area contributed by atoms with Gasteiger partial charge in [-0.2, -0.15) is 5.10 Å². The van der Waals surface area contributed by atoms with Gasteiger partial charge in [0.15, 0.2) is 23.0 Å². The molecule has 0 aliphatic rings. The largest absolute Gasteiger partial charge is 0.493 e. The van der Waals surface area contributed by atoms with Gasteiger partial charge < -0.3 is 24.3 Å². The summed E-state index contributed by atoms with van der Waals surface area (Å²) in [7, 11) is 2.99. The van der Waals surface area contributed by atoms with Crippen molar-refractivity contribution < 1.29 is 28.5 Å². The smallest absolute Gasteiger partial charge is 0.259 e. The summed E-state index contributed by atoms with van der Waals surface area (Å²) in [4.78, 5) is 24.2. The topological polar surface area (TPSA) is 107 Å². The maximum Gasteiger partial charge on any atom is 0.259 e. The summed E-state index contributed by atoms with van der Waals surface area (Å²) in [6.45, 7) is 4.56. The number of ether oxygens (including phenoxy) is 4. The molecule has 0 unspecified atom stereocenters. The molecule has 9 nitrogen and oxygen atoms in total. The molecule has 0 saturated carbocycles. The van der Waals surface area contributed by atoms with Crippen LogP contribution in [0, 0.1) is 0 Å². The first-order valence-corrected chi connectivity index (χ1v) is 9.74. The van der Waals surface area contributed by atoms with Crippen LogP contribution >= 0.6 is 0 Å². The molecule has 166 valence electrons. The summed E-state index contributed by atoms with van der Waals surface area (Å²) in [5.74, 6) is 1.28. The number of carbonyl (C=O) groups excluding carboxylic acids is 2. The minimum absolute atomic E-state index is 0.238. The summed E-state index contributed by atoms with van der Waals surface area (Å²) in [5.41, 5.74) is 3.43. The molecule has 0 heterocycles. The van der Waals surface area contributed by atoms with Crippen LogP contribution < -0.4 is 29.7 Å². The Balaban J connectivity index is 1.89. The van der Waals surface area contributed by atoms with Gasteiger partial charge in [-0.3, -0.25) is 9.59 Å². The second-order valence-corrected chi connectivity index (χ2v) is 6.12. The van der Waals surface area contributed by atoms with E-state index < -0.39 is 11.8 Å². The Kier molecular flexibility index (Phi) is 9.15. The Hall–Kier alpha value is -3.75. The highest BCUT2D eigenvalue weighted by Crippen LogP contribution is 2.28. The average Bonchev–Trinajstić information content (AvgIpc) is 2.78. The maximum absolute atomic E-state index is 12.2. The lowest BCUT2D eigenvalue weighted by Crippen LogP contribution is -2.34. The van der Waals surface area contributed by atoms with Gasteiger partial charge >= 0.3 is 0 Å². The number of benzene rings is 2. The van der Waals surface area contributed by atoms with Crippen molar-refractivity contribution >= 4 is 18.0 Å². The highest BCUT2D eigenvalue weighted by Gasteiger charge is 2.12. The highest BCUT2D eigenvalue weighted by molar-refractivity contribution is 5.97. The molecule has 0 aliphatic heterocycles. The maximum atomic E-state index is 12.2. The fourth-order valence-electron chi connectivity index (χ4n) is 2.61. The zero-order chi connectivity index (χ0) is 22.6. The van der Waals surface area contributed by atoms with Crippen molar-refractivity contribution in [1.29, 1.82) is 0 Å². The third-order valence-corrected chi connectivity index (χ3v) is 4.03. The third kappa shape index (κ3) is 6.91. The van der Waals surface area contributed by atoms with E-state index in [-0.39, 0.29) is 6.54 Å².